The average molecular weight is 644 g/mol. The molecule has 45 heavy (non-hydrogen) atoms. The van der Waals surface area contributed by atoms with E-state index in [1.54, 1.807) is 24.3 Å². The van der Waals surface area contributed by atoms with Crippen LogP contribution in [0.3, 0.4) is 0 Å². The Kier molecular flexibility index (Phi) is 9.88. The third-order valence-electron chi connectivity index (χ3n) is 7.90. The molecule has 1 aromatic heterocycles. The third kappa shape index (κ3) is 7.61. The molecule has 10 heteroatoms. The number of carbonyl (C=O) groups is 1. The number of ether oxygens (including phenoxy) is 1. The van der Waals surface area contributed by atoms with Gasteiger partial charge in [-0.15, -0.1) is 10.5 Å². The second kappa shape index (κ2) is 14.4. The van der Waals surface area contributed by atoms with Crippen molar-refractivity contribution in [3.8, 4) is 5.75 Å². The van der Waals surface area contributed by atoms with Crippen LogP contribution >= 0.6 is 22.1 Å². The van der Waals surface area contributed by atoms with E-state index in [0.717, 1.165) is 48.9 Å². The number of likely N-dealkylation sites (N-methyl/N-ethyl adjacent to an activating group) is 1. The molecule has 4 aromatic rings. The van der Waals surface area contributed by atoms with E-state index in [9.17, 15) is 9.18 Å². The summed E-state index contributed by atoms with van der Waals surface area (Å²) in [6.07, 6.45) is 4.27. The van der Waals surface area contributed by atoms with E-state index in [4.69, 9.17) is 26.3 Å². The highest BCUT2D eigenvalue weighted by Gasteiger charge is 2.21. The van der Waals surface area contributed by atoms with Gasteiger partial charge in [-0.25, -0.2) is 14.4 Å². The number of fused-ring (bicyclic) bond motifs is 1. The number of rotatable bonds is 9. The van der Waals surface area contributed by atoms with Crippen molar-refractivity contribution in [1.29, 1.82) is 0 Å². The topological polar surface area (TPSA) is 63.0 Å². The molecule has 0 N–H and O–H groups in total. The fourth-order valence-electron chi connectivity index (χ4n) is 5.42. The Labute approximate surface area is 270 Å². The lowest BCUT2D eigenvalue weighted by Crippen LogP contribution is -2.48. The fraction of sp³-hybridized carbons (Fsp3) is 0.257. The predicted octanol–water partition coefficient (Wildman–Crippen LogP) is 6.50. The van der Waals surface area contributed by atoms with E-state index in [0.29, 0.717) is 40.5 Å². The Hall–Kier alpha value is -4.05. The Morgan fingerprint density at radius 2 is 1.84 bits per heavy atom. The van der Waals surface area contributed by atoms with Crippen molar-refractivity contribution in [3.63, 3.8) is 0 Å². The summed E-state index contributed by atoms with van der Waals surface area (Å²) in [4.78, 5) is 27.1. The van der Waals surface area contributed by atoms with Gasteiger partial charge in [0.1, 0.15) is 18.2 Å². The molecule has 1 saturated heterocycles. The molecule has 2 aliphatic heterocycles. The normalized spacial score (nSPS) is 16.7. The van der Waals surface area contributed by atoms with Gasteiger partial charge in [0.05, 0.1) is 28.5 Å². The maximum Gasteiger partial charge on any atom is 0.226 e. The van der Waals surface area contributed by atoms with Crippen molar-refractivity contribution < 1.29 is 13.9 Å². The van der Waals surface area contributed by atoms with E-state index in [1.165, 1.54) is 12.1 Å². The minimum atomic E-state index is -0.393. The van der Waals surface area contributed by atoms with Crippen LogP contribution in [0.15, 0.2) is 94.6 Å². The first-order chi connectivity index (χ1) is 22.0. The molecule has 0 radical (unpaired) electrons. The molecule has 1 unspecified atom stereocenters. The molecule has 0 saturated carbocycles. The second-order valence-corrected chi connectivity index (χ2v) is 13.0. The molecule has 232 valence electrons. The summed E-state index contributed by atoms with van der Waals surface area (Å²) >= 11 is 6.56. The third-order valence-corrected chi connectivity index (χ3v) is 10.0. The molecular weight excluding hydrogens is 609 g/mol. The summed E-state index contributed by atoms with van der Waals surface area (Å²) < 4.78 is 21.5. The second-order valence-electron chi connectivity index (χ2n) is 10.9. The average Bonchev–Trinajstić information content (AvgIpc) is 3.50. The Bertz CT molecular complexity index is 1820. The van der Waals surface area contributed by atoms with Gasteiger partial charge >= 0.3 is 0 Å². The van der Waals surface area contributed by atoms with Crippen LogP contribution < -0.4 is 10.2 Å². The number of hydrogen-bond donors (Lipinski definition) is 0. The van der Waals surface area contributed by atoms with E-state index in [1.807, 2.05) is 35.5 Å². The quantitative estimate of drug-likeness (QED) is 0.154. The molecule has 0 bridgehead atoms. The molecular formula is C35H35ClFN5O2S. The van der Waals surface area contributed by atoms with Crippen LogP contribution in [0.25, 0.3) is 6.08 Å². The van der Waals surface area contributed by atoms with Gasteiger partial charge in [-0.2, -0.15) is 0 Å². The molecule has 1 fully saturated rings. The smallest absolute Gasteiger partial charge is 0.226 e. The number of carbonyl (C=O) groups excluding carboxylic acids is 1. The first-order valence-corrected chi connectivity index (χ1v) is 16.8. The van der Waals surface area contributed by atoms with Gasteiger partial charge in [-0.05, 0) is 64.9 Å². The van der Waals surface area contributed by atoms with Crippen LogP contribution in [0.5, 0.6) is 5.75 Å². The highest BCUT2D eigenvalue weighted by molar-refractivity contribution is 8.18. The summed E-state index contributed by atoms with van der Waals surface area (Å²) in [5.41, 5.74) is 4.03. The molecule has 7 nitrogen and oxygen atoms in total. The van der Waals surface area contributed by atoms with E-state index < -0.39 is 10.5 Å². The Morgan fingerprint density at radius 1 is 1.04 bits per heavy atom. The number of amides is 1. The van der Waals surface area contributed by atoms with Crippen LogP contribution in [0.2, 0.25) is 5.02 Å². The summed E-state index contributed by atoms with van der Waals surface area (Å²) in [5, 5.41) is 5.76. The van der Waals surface area contributed by atoms with Crippen molar-refractivity contribution in [2.75, 3.05) is 32.7 Å². The van der Waals surface area contributed by atoms with Crippen LogP contribution in [-0.4, -0.2) is 63.3 Å². The van der Waals surface area contributed by atoms with E-state index in [-0.39, 0.29) is 18.3 Å². The number of nitrogens with zero attached hydrogens (tertiary/aromatic N) is 5. The maximum absolute atomic E-state index is 13.5. The van der Waals surface area contributed by atoms with Gasteiger partial charge in [-0.1, -0.05) is 61.0 Å². The number of aromatic nitrogens is 2. The van der Waals surface area contributed by atoms with E-state index >= 15 is 0 Å². The van der Waals surface area contributed by atoms with Gasteiger partial charge in [0.15, 0.2) is 5.49 Å². The molecule has 3 heterocycles. The van der Waals surface area contributed by atoms with Gasteiger partial charge in [0.25, 0.3) is 0 Å². The molecule has 1 amide bonds. The van der Waals surface area contributed by atoms with E-state index in [2.05, 4.69) is 45.4 Å². The molecule has 6 rings (SSSR count). The van der Waals surface area contributed by atoms with Gasteiger partial charge < -0.3 is 19.1 Å². The maximum atomic E-state index is 13.5. The Morgan fingerprint density at radius 3 is 2.60 bits per heavy atom. The molecule has 0 aliphatic carbocycles. The lowest BCUT2D eigenvalue weighted by Gasteiger charge is -2.33. The SMILES string of the molecule is CCN1CCN(C(=O)CC=S2C=Cc3c2n(Cc2ccccc2)cnc3=Nc2ccc(OCc3cccc(F)c3)c(Cl)c2)CC1. The molecule has 2 aliphatic rings. The standard InChI is InChI=1S/C35H35ClFN5O2S/c1-2-40-15-17-41(18-16-40)33(43)14-20-45-19-13-30-34(38-25-42(35(30)45)23-26-7-4-3-5-8-26)39-29-11-12-32(31(36)22-29)44-24-27-9-6-10-28(37)21-27/h3-13,19-22,25H,2,14-18,23-24H2,1H3. The minimum absolute atomic E-state index is 0.169. The van der Waals surface area contributed by atoms with Crippen molar-refractivity contribution in [2.45, 2.75) is 31.5 Å². The largest absolute Gasteiger partial charge is 0.487 e. The predicted molar refractivity (Wildman–Crippen MR) is 179 cm³/mol. The number of benzene rings is 3. The van der Waals surface area contributed by atoms with Crippen LogP contribution in [0.4, 0.5) is 10.1 Å². The van der Waals surface area contributed by atoms with Crippen molar-refractivity contribution in [2.24, 2.45) is 4.99 Å². The lowest BCUT2D eigenvalue weighted by atomic mass is 10.2. The first kappa shape index (κ1) is 31.0. The summed E-state index contributed by atoms with van der Waals surface area (Å²) in [5.74, 6) is 0.350. The van der Waals surface area contributed by atoms with Crippen molar-refractivity contribution in [1.82, 2.24) is 19.4 Å². The summed E-state index contributed by atoms with van der Waals surface area (Å²) in [6, 6.07) is 21.9. The van der Waals surface area contributed by atoms with Crippen molar-refractivity contribution >= 4 is 45.1 Å². The number of halogens is 2. The minimum Gasteiger partial charge on any atom is -0.487 e. The highest BCUT2D eigenvalue weighted by atomic mass is 35.5. The zero-order valence-electron chi connectivity index (χ0n) is 25.1. The van der Waals surface area contributed by atoms with Crippen molar-refractivity contribution in [3.05, 3.63) is 118 Å². The fourth-order valence-corrected chi connectivity index (χ4v) is 7.44. The van der Waals surface area contributed by atoms with Crippen LogP contribution in [0.1, 0.15) is 30.0 Å². The van der Waals surface area contributed by atoms with Crippen LogP contribution in [-0.2, 0) is 17.9 Å². The Balaban J connectivity index is 1.26. The molecule has 3 aromatic carbocycles. The molecule has 0 spiro atoms. The van der Waals surface area contributed by atoms with Crippen LogP contribution in [0, 0.1) is 5.82 Å². The monoisotopic (exact) mass is 643 g/mol. The summed E-state index contributed by atoms with van der Waals surface area (Å²) in [6.45, 7) is 7.44. The first-order valence-electron chi connectivity index (χ1n) is 15.1. The van der Waals surface area contributed by atoms with Gasteiger partial charge in [0, 0.05) is 38.3 Å². The number of piperazine rings is 1. The highest BCUT2D eigenvalue weighted by Crippen LogP contribution is 2.37. The summed E-state index contributed by atoms with van der Waals surface area (Å²) in [7, 11) is -0.393. The zero-order valence-corrected chi connectivity index (χ0v) is 26.7. The zero-order chi connectivity index (χ0) is 31.2. The van der Waals surface area contributed by atoms with Gasteiger partial charge in [-0.3, -0.25) is 4.79 Å². The lowest BCUT2D eigenvalue weighted by molar-refractivity contribution is -0.131. The van der Waals surface area contributed by atoms with Gasteiger partial charge in [0.2, 0.25) is 5.91 Å². The number of hydrogen-bond acceptors (Lipinski definition) is 5. The molecule has 1 atom stereocenters.